The Labute approximate surface area is 224 Å². The van der Waals surface area contributed by atoms with Crippen LogP contribution in [0.4, 0.5) is 11.4 Å². The molecule has 3 aromatic rings. The number of aromatic amines is 1. The molecular formula is C29H37N5O3S. The number of aromatic hydroxyl groups is 1. The van der Waals surface area contributed by atoms with Crippen molar-refractivity contribution in [3.8, 4) is 5.88 Å². The van der Waals surface area contributed by atoms with Crippen molar-refractivity contribution in [3.05, 3.63) is 48.0 Å². The number of aromatic nitrogens is 1. The minimum Gasteiger partial charge on any atom is -0.494 e. The Morgan fingerprint density at radius 3 is 2.45 bits per heavy atom. The third kappa shape index (κ3) is 5.46. The highest BCUT2D eigenvalue weighted by atomic mass is 32.2. The summed E-state index contributed by atoms with van der Waals surface area (Å²) in [5.41, 5.74) is 4.19. The summed E-state index contributed by atoms with van der Waals surface area (Å²) in [5, 5.41) is 15.2. The van der Waals surface area contributed by atoms with Gasteiger partial charge in [0.15, 0.2) is 5.88 Å². The summed E-state index contributed by atoms with van der Waals surface area (Å²) in [5.74, 6) is 0.695. The SMILES string of the molecule is O=S(=O)(NCC1CC1)c1ccc2[nH]c(O)c(C(=Nc3ccc(N4CCNCC4)cc3)C3CCCCC3)c2c1. The van der Waals surface area contributed by atoms with Crippen LogP contribution in [0.5, 0.6) is 5.88 Å². The average molecular weight is 536 g/mol. The number of hydrogen-bond donors (Lipinski definition) is 4. The van der Waals surface area contributed by atoms with Gasteiger partial charge in [0.05, 0.1) is 21.9 Å². The molecule has 2 aromatic carbocycles. The first-order chi connectivity index (χ1) is 18.5. The van der Waals surface area contributed by atoms with Gasteiger partial charge in [0.2, 0.25) is 10.0 Å². The Hall–Kier alpha value is -2.88. The molecule has 0 spiro atoms. The summed E-state index contributed by atoms with van der Waals surface area (Å²) in [6.07, 6.45) is 7.62. The number of hydrogen-bond acceptors (Lipinski definition) is 6. The summed E-state index contributed by atoms with van der Waals surface area (Å²) < 4.78 is 28.8. The van der Waals surface area contributed by atoms with Gasteiger partial charge >= 0.3 is 0 Å². The van der Waals surface area contributed by atoms with Crippen LogP contribution in [-0.2, 0) is 10.0 Å². The van der Waals surface area contributed by atoms with E-state index in [4.69, 9.17) is 4.99 Å². The van der Waals surface area contributed by atoms with E-state index in [0.29, 0.717) is 28.9 Å². The van der Waals surface area contributed by atoms with E-state index in [1.807, 2.05) is 12.1 Å². The number of rotatable bonds is 8. The van der Waals surface area contributed by atoms with Crippen LogP contribution in [0, 0.1) is 11.8 Å². The molecule has 3 fully saturated rings. The number of aliphatic imine (C=N–C) groups is 1. The molecule has 3 aliphatic rings. The molecule has 1 aliphatic heterocycles. The van der Waals surface area contributed by atoms with E-state index in [1.54, 1.807) is 18.2 Å². The van der Waals surface area contributed by atoms with Gasteiger partial charge in [-0.05, 0) is 74.1 Å². The van der Waals surface area contributed by atoms with Crippen molar-refractivity contribution in [1.82, 2.24) is 15.0 Å². The van der Waals surface area contributed by atoms with Crippen LogP contribution in [0.25, 0.3) is 10.9 Å². The van der Waals surface area contributed by atoms with Crippen LogP contribution in [0.1, 0.15) is 50.5 Å². The molecule has 202 valence electrons. The minimum atomic E-state index is -3.63. The van der Waals surface area contributed by atoms with Crippen molar-refractivity contribution in [2.75, 3.05) is 37.6 Å². The smallest absolute Gasteiger partial charge is 0.240 e. The fraction of sp³-hybridized carbons (Fsp3) is 0.483. The van der Waals surface area contributed by atoms with E-state index >= 15 is 0 Å². The molecule has 2 heterocycles. The molecular weight excluding hydrogens is 498 g/mol. The summed E-state index contributed by atoms with van der Waals surface area (Å²) in [4.78, 5) is 10.8. The first-order valence-electron chi connectivity index (χ1n) is 14.0. The topological polar surface area (TPSA) is 110 Å². The van der Waals surface area contributed by atoms with Gasteiger partial charge in [-0.15, -0.1) is 0 Å². The third-order valence-electron chi connectivity index (χ3n) is 8.15. The van der Waals surface area contributed by atoms with Crippen molar-refractivity contribution in [1.29, 1.82) is 0 Å². The van der Waals surface area contributed by atoms with Crippen molar-refractivity contribution in [3.63, 3.8) is 0 Å². The monoisotopic (exact) mass is 535 g/mol. The van der Waals surface area contributed by atoms with Gasteiger partial charge in [-0.3, -0.25) is 4.99 Å². The molecule has 0 radical (unpaired) electrons. The van der Waals surface area contributed by atoms with E-state index in [-0.39, 0.29) is 16.7 Å². The van der Waals surface area contributed by atoms with Gasteiger partial charge in [0.25, 0.3) is 0 Å². The van der Waals surface area contributed by atoms with Gasteiger partial charge in [-0.25, -0.2) is 13.1 Å². The molecule has 8 nitrogen and oxygen atoms in total. The number of nitrogens with one attached hydrogen (secondary N) is 3. The highest BCUT2D eigenvalue weighted by molar-refractivity contribution is 7.89. The number of sulfonamides is 1. The van der Waals surface area contributed by atoms with Gasteiger partial charge in [-0.2, -0.15) is 0 Å². The summed E-state index contributed by atoms with van der Waals surface area (Å²) in [6, 6.07) is 13.4. The first-order valence-corrected chi connectivity index (χ1v) is 15.5. The maximum absolute atomic E-state index is 13.0. The van der Waals surface area contributed by atoms with Crippen LogP contribution in [0.15, 0.2) is 52.4 Å². The lowest BCUT2D eigenvalue weighted by molar-refractivity contribution is 0.435. The molecule has 1 aromatic heterocycles. The number of piperazine rings is 1. The largest absolute Gasteiger partial charge is 0.494 e. The normalized spacial score (nSPS) is 19.8. The second-order valence-electron chi connectivity index (χ2n) is 10.9. The molecule has 2 aliphatic carbocycles. The highest BCUT2D eigenvalue weighted by Gasteiger charge is 2.28. The Bertz CT molecular complexity index is 1410. The molecule has 0 unspecified atom stereocenters. The number of fused-ring (bicyclic) bond motifs is 1. The van der Waals surface area contributed by atoms with Crippen LogP contribution in [0.3, 0.4) is 0 Å². The quantitative estimate of drug-likeness (QED) is 0.313. The van der Waals surface area contributed by atoms with E-state index in [9.17, 15) is 13.5 Å². The second kappa shape index (κ2) is 10.7. The first kappa shape index (κ1) is 25.4. The fourth-order valence-electron chi connectivity index (χ4n) is 5.74. The van der Waals surface area contributed by atoms with Crippen LogP contribution < -0.4 is 14.9 Å². The fourth-order valence-corrected chi connectivity index (χ4v) is 6.89. The lowest BCUT2D eigenvalue weighted by Crippen LogP contribution is -2.43. The van der Waals surface area contributed by atoms with Crippen molar-refractivity contribution >= 4 is 38.0 Å². The molecule has 38 heavy (non-hydrogen) atoms. The summed E-state index contributed by atoms with van der Waals surface area (Å²) >= 11 is 0. The molecule has 0 bridgehead atoms. The van der Waals surface area contributed by atoms with Crippen molar-refractivity contribution < 1.29 is 13.5 Å². The predicted molar refractivity (Wildman–Crippen MR) is 152 cm³/mol. The van der Waals surface area contributed by atoms with Crippen molar-refractivity contribution in [2.45, 2.75) is 49.8 Å². The van der Waals surface area contributed by atoms with E-state index in [0.717, 1.165) is 76.1 Å². The molecule has 4 N–H and O–H groups in total. The highest BCUT2D eigenvalue weighted by Crippen LogP contribution is 2.37. The zero-order valence-electron chi connectivity index (χ0n) is 21.7. The Balaban J connectivity index is 1.38. The maximum Gasteiger partial charge on any atom is 0.240 e. The molecule has 0 atom stereocenters. The molecule has 0 amide bonds. The summed E-state index contributed by atoms with van der Waals surface area (Å²) in [6.45, 7) is 4.42. The average Bonchev–Trinajstić information content (AvgIpc) is 3.73. The Morgan fingerprint density at radius 2 is 1.74 bits per heavy atom. The minimum absolute atomic E-state index is 0.0437. The third-order valence-corrected chi connectivity index (χ3v) is 9.57. The van der Waals surface area contributed by atoms with Gasteiger partial charge in [-0.1, -0.05) is 19.3 Å². The van der Waals surface area contributed by atoms with Crippen LogP contribution >= 0.6 is 0 Å². The standard InChI is InChI=1S/C29H37N5O3S/c35-29-27(25-18-24(12-13-26(25)33-29)38(36,37)31-19-20-6-7-20)28(21-4-2-1-3-5-21)32-22-8-10-23(11-9-22)34-16-14-30-15-17-34/h8-13,18,20-21,30-31,33,35H,1-7,14-17,19H2. The number of H-pyrrole nitrogens is 1. The Morgan fingerprint density at radius 1 is 1.00 bits per heavy atom. The zero-order chi connectivity index (χ0) is 26.1. The molecule has 9 heteroatoms. The predicted octanol–water partition coefficient (Wildman–Crippen LogP) is 4.67. The van der Waals surface area contributed by atoms with Gasteiger partial charge in [0, 0.05) is 55.2 Å². The lowest BCUT2D eigenvalue weighted by Gasteiger charge is -2.29. The van der Waals surface area contributed by atoms with Gasteiger partial charge in [0.1, 0.15) is 0 Å². The van der Waals surface area contributed by atoms with E-state index in [2.05, 4.69) is 32.1 Å². The van der Waals surface area contributed by atoms with Crippen LogP contribution in [-0.4, -0.2) is 56.9 Å². The van der Waals surface area contributed by atoms with Crippen LogP contribution in [0.2, 0.25) is 0 Å². The van der Waals surface area contributed by atoms with E-state index in [1.165, 1.54) is 12.1 Å². The second-order valence-corrected chi connectivity index (χ2v) is 12.7. The van der Waals surface area contributed by atoms with E-state index < -0.39 is 10.0 Å². The zero-order valence-corrected chi connectivity index (χ0v) is 22.6. The lowest BCUT2D eigenvalue weighted by atomic mass is 9.83. The molecule has 1 saturated heterocycles. The Kier molecular flexibility index (Phi) is 7.16. The van der Waals surface area contributed by atoms with Crippen molar-refractivity contribution in [2.24, 2.45) is 16.8 Å². The van der Waals surface area contributed by atoms with Gasteiger partial charge < -0.3 is 20.3 Å². The molecule has 6 rings (SSSR count). The molecule has 2 saturated carbocycles. The maximum atomic E-state index is 13.0. The number of anilines is 1. The number of benzene rings is 2. The summed E-state index contributed by atoms with van der Waals surface area (Å²) in [7, 11) is -3.63. The number of nitrogens with zero attached hydrogens (tertiary/aromatic N) is 2.